The minimum Gasteiger partial charge on any atom is -0.469 e. The van der Waals surface area contributed by atoms with Crippen LogP contribution in [0.15, 0.2) is 18.2 Å². The van der Waals surface area contributed by atoms with Gasteiger partial charge >= 0.3 is 5.97 Å². The average Bonchev–Trinajstić information content (AvgIpc) is 2.48. The fourth-order valence-electron chi connectivity index (χ4n) is 3.80. The van der Waals surface area contributed by atoms with Crippen LogP contribution in [0.2, 0.25) is 0 Å². The van der Waals surface area contributed by atoms with Crippen molar-refractivity contribution in [2.45, 2.75) is 19.3 Å². The molecule has 2 N–H and O–H groups in total. The van der Waals surface area contributed by atoms with E-state index in [0.717, 1.165) is 12.1 Å². The van der Waals surface area contributed by atoms with Crippen LogP contribution in [0.5, 0.6) is 0 Å². The van der Waals surface area contributed by atoms with Crippen molar-refractivity contribution < 1.29 is 27.9 Å². The van der Waals surface area contributed by atoms with Gasteiger partial charge in [0.05, 0.1) is 17.9 Å². The molecule has 0 aromatic heterocycles. The second-order valence-electron chi connectivity index (χ2n) is 6.69. The van der Waals surface area contributed by atoms with Gasteiger partial charge in [-0.05, 0) is 31.4 Å². The van der Waals surface area contributed by atoms with E-state index in [1.54, 1.807) is 0 Å². The first-order chi connectivity index (χ1) is 11.8. The fraction of sp³-hybridized carbons (Fsp3) is 0.471. The molecular weight excluding hydrogens is 334 g/mol. The summed E-state index contributed by atoms with van der Waals surface area (Å²) in [6.07, 6.45) is 1.43. The van der Waals surface area contributed by atoms with Crippen LogP contribution >= 0.6 is 0 Å². The van der Waals surface area contributed by atoms with Gasteiger partial charge in [-0.2, -0.15) is 0 Å². The topological polar surface area (TPSA) is 84.5 Å². The van der Waals surface area contributed by atoms with Gasteiger partial charge in [-0.1, -0.05) is 6.07 Å². The average molecular weight is 352 g/mol. The SMILES string of the molecule is COC(=O)C12CC(C(=O)NCCNC(=O)c3c(F)cccc3F)(C1)C2. The lowest BCUT2D eigenvalue weighted by atomic mass is 9.35. The van der Waals surface area contributed by atoms with Gasteiger partial charge in [-0.15, -0.1) is 0 Å². The van der Waals surface area contributed by atoms with Gasteiger partial charge in [0, 0.05) is 13.1 Å². The van der Waals surface area contributed by atoms with E-state index in [4.69, 9.17) is 4.74 Å². The van der Waals surface area contributed by atoms with E-state index in [-0.39, 0.29) is 25.0 Å². The molecule has 6 nitrogen and oxygen atoms in total. The number of carbonyl (C=O) groups is 3. The number of methoxy groups -OCH3 is 1. The Balaban J connectivity index is 1.42. The normalized spacial score (nSPS) is 26.0. The zero-order valence-electron chi connectivity index (χ0n) is 13.7. The first-order valence-electron chi connectivity index (χ1n) is 7.93. The van der Waals surface area contributed by atoms with Crippen LogP contribution in [0, 0.1) is 22.5 Å². The smallest absolute Gasteiger partial charge is 0.311 e. The molecule has 0 spiro atoms. The van der Waals surface area contributed by atoms with Crippen molar-refractivity contribution in [3.8, 4) is 0 Å². The molecule has 0 saturated heterocycles. The molecule has 0 radical (unpaired) electrons. The maximum absolute atomic E-state index is 13.5. The molecule has 1 aromatic rings. The molecular formula is C17H18F2N2O4. The third-order valence-corrected chi connectivity index (χ3v) is 5.02. The molecule has 0 aliphatic heterocycles. The van der Waals surface area contributed by atoms with E-state index >= 15 is 0 Å². The molecule has 1 aromatic carbocycles. The third kappa shape index (κ3) is 2.75. The molecule has 0 unspecified atom stereocenters. The standard InChI is InChI=1S/C17H18F2N2O4/c1-25-15(24)17-7-16(8-17,9-17)14(23)21-6-5-20-13(22)12-10(18)3-2-4-11(12)19/h2-4H,5-9H2,1H3,(H,20,22)(H,21,23). The summed E-state index contributed by atoms with van der Waals surface area (Å²) in [6.45, 7) is 0.171. The van der Waals surface area contributed by atoms with Crippen molar-refractivity contribution in [3.63, 3.8) is 0 Å². The zero-order valence-corrected chi connectivity index (χ0v) is 13.7. The zero-order chi connectivity index (χ0) is 18.2. The lowest BCUT2D eigenvalue weighted by Crippen LogP contribution is -2.70. The predicted octanol–water partition coefficient (Wildman–Crippen LogP) is 1.15. The Morgan fingerprint density at radius 2 is 1.60 bits per heavy atom. The first kappa shape index (κ1) is 17.3. The van der Waals surface area contributed by atoms with Gasteiger partial charge in [-0.25, -0.2) is 8.78 Å². The highest BCUT2D eigenvalue weighted by Crippen LogP contribution is 2.73. The largest absolute Gasteiger partial charge is 0.469 e. The first-order valence-corrected chi connectivity index (χ1v) is 7.93. The lowest BCUT2D eigenvalue weighted by Gasteiger charge is -2.66. The Morgan fingerprint density at radius 3 is 2.16 bits per heavy atom. The van der Waals surface area contributed by atoms with Crippen LogP contribution in [0.4, 0.5) is 8.78 Å². The molecule has 25 heavy (non-hydrogen) atoms. The van der Waals surface area contributed by atoms with Crippen LogP contribution in [0.25, 0.3) is 0 Å². The summed E-state index contributed by atoms with van der Waals surface area (Å²) in [7, 11) is 1.33. The molecule has 2 amide bonds. The maximum atomic E-state index is 13.5. The van der Waals surface area contributed by atoms with E-state index in [9.17, 15) is 23.2 Å². The van der Waals surface area contributed by atoms with Crippen LogP contribution in [-0.4, -0.2) is 38.0 Å². The number of carbonyl (C=O) groups excluding carboxylic acids is 3. The van der Waals surface area contributed by atoms with E-state index in [2.05, 4.69) is 10.6 Å². The number of ether oxygens (including phenoxy) is 1. The van der Waals surface area contributed by atoms with Crippen molar-refractivity contribution in [3.05, 3.63) is 35.4 Å². The number of esters is 1. The van der Waals surface area contributed by atoms with Gasteiger partial charge in [-0.3, -0.25) is 14.4 Å². The van der Waals surface area contributed by atoms with E-state index in [0.29, 0.717) is 19.3 Å². The molecule has 2 bridgehead atoms. The summed E-state index contributed by atoms with van der Waals surface area (Å²) < 4.78 is 31.7. The maximum Gasteiger partial charge on any atom is 0.311 e. The fourth-order valence-corrected chi connectivity index (χ4v) is 3.80. The second kappa shape index (κ2) is 6.09. The molecule has 4 rings (SSSR count). The third-order valence-electron chi connectivity index (χ3n) is 5.02. The van der Waals surface area contributed by atoms with Gasteiger partial charge in [0.1, 0.15) is 17.2 Å². The van der Waals surface area contributed by atoms with Crippen molar-refractivity contribution >= 4 is 17.8 Å². The molecule has 0 heterocycles. The Kier molecular flexibility index (Phi) is 4.22. The highest BCUT2D eigenvalue weighted by molar-refractivity contribution is 5.95. The number of benzene rings is 1. The molecule has 3 aliphatic rings. The Morgan fingerprint density at radius 1 is 1.04 bits per heavy atom. The van der Waals surface area contributed by atoms with Gasteiger partial charge in [0.25, 0.3) is 5.91 Å². The van der Waals surface area contributed by atoms with Crippen molar-refractivity contribution in [2.24, 2.45) is 10.8 Å². The van der Waals surface area contributed by atoms with E-state index in [1.165, 1.54) is 13.2 Å². The number of nitrogens with one attached hydrogen (secondary N) is 2. The molecule has 8 heteroatoms. The minimum absolute atomic E-state index is 0.0383. The second-order valence-corrected chi connectivity index (χ2v) is 6.69. The minimum atomic E-state index is -0.941. The highest BCUT2D eigenvalue weighted by Gasteiger charge is 2.75. The Hall–Kier alpha value is -2.51. The number of hydrogen-bond acceptors (Lipinski definition) is 4. The van der Waals surface area contributed by atoms with Crippen molar-refractivity contribution in [1.82, 2.24) is 10.6 Å². The highest BCUT2D eigenvalue weighted by atomic mass is 19.1. The van der Waals surface area contributed by atoms with Gasteiger partial charge in [0.15, 0.2) is 0 Å². The molecule has 3 saturated carbocycles. The number of rotatable bonds is 6. The number of halogens is 2. The van der Waals surface area contributed by atoms with Crippen LogP contribution in [-0.2, 0) is 14.3 Å². The molecule has 3 fully saturated rings. The molecule has 3 aliphatic carbocycles. The van der Waals surface area contributed by atoms with Crippen molar-refractivity contribution in [2.75, 3.05) is 20.2 Å². The summed E-state index contributed by atoms with van der Waals surface area (Å²) >= 11 is 0. The quantitative estimate of drug-likeness (QED) is 0.594. The monoisotopic (exact) mass is 352 g/mol. The summed E-state index contributed by atoms with van der Waals surface area (Å²) in [5, 5.41) is 5.04. The van der Waals surface area contributed by atoms with Crippen LogP contribution in [0.1, 0.15) is 29.6 Å². The van der Waals surface area contributed by atoms with Crippen LogP contribution in [0.3, 0.4) is 0 Å². The number of hydrogen-bond donors (Lipinski definition) is 2. The summed E-state index contributed by atoms with van der Waals surface area (Å²) in [4.78, 5) is 35.5. The van der Waals surface area contributed by atoms with Crippen molar-refractivity contribution in [1.29, 1.82) is 0 Å². The predicted molar refractivity (Wildman–Crippen MR) is 82.4 cm³/mol. The molecule has 134 valence electrons. The van der Waals surface area contributed by atoms with Gasteiger partial charge < -0.3 is 15.4 Å². The molecule has 0 atom stereocenters. The summed E-state index contributed by atoms with van der Waals surface area (Å²) in [6, 6.07) is 3.17. The number of amides is 2. The Bertz CT molecular complexity index is 710. The Labute approximate surface area is 142 Å². The van der Waals surface area contributed by atoms with E-state index in [1.807, 2.05) is 0 Å². The van der Waals surface area contributed by atoms with E-state index < -0.39 is 33.9 Å². The summed E-state index contributed by atoms with van der Waals surface area (Å²) in [5.74, 6) is -3.21. The van der Waals surface area contributed by atoms with Crippen LogP contribution < -0.4 is 10.6 Å². The van der Waals surface area contributed by atoms with Gasteiger partial charge in [0.2, 0.25) is 5.91 Å². The summed E-state index contributed by atoms with van der Waals surface area (Å²) in [5.41, 5.74) is -1.66. The lowest BCUT2D eigenvalue weighted by molar-refractivity contribution is -0.222.